The lowest BCUT2D eigenvalue weighted by molar-refractivity contribution is -0.161. The average Bonchev–Trinajstić information content (AvgIpc) is 2.71. The van der Waals surface area contributed by atoms with E-state index in [4.69, 9.17) is 19.9 Å². The van der Waals surface area contributed by atoms with Gasteiger partial charge in [0.05, 0.1) is 19.8 Å². The standard InChI is InChI=1S/C24H38N2O5/c1-14(2)22(25)23(27)31-19-11-18-17-10-21(30-6)20(29-5)9-15(17)7-8-26(18)13-16(19)12-24(3,4)28/h9-10,14,16,18-19,22,28H,7-8,11-13,25H2,1-6H3/t16-,18-,19-,22+/m1/s1. The first-order valence-corrected chi connectivity index (χ1v) is 11.2. The van der Waals surface area contributed by atoms with Crippen LogP contribution in [0.3, 0.4) is 0 Å². The Labute approximate surface area is 185 Å². The molecule has 7 nitrogen and oxygen atoms in total. The van der Waals surface area contributed by atoms with Gasteiger partial charge in [-0.1, -0.05) is 13.8 Å². The third-order valence-corrected chi connectivity index (χ3v) is 6.58. The number of hydrogen-bond acceptors (Lipinski definition) is 7. The highest BCUT2D eigenvalue weighted by Gasteiger charge is 2.43. The minimum atomic E-state index is -0.841. The van der Waals surface area contributed by atoms with Crippen LogP contribution in [0.4, 0.5) is 0 Å². The van der Waals surface area contributed by atoms with Crippen LogP contribution in [0.25, 0.3) is 0 Å². The number of esters is 1. The predicted molar refractivity (Wildman–Crippen MR) is 119 cm³/mol. The molecule has 3 rings (SSSR count). The molecule has 2 aliphatic rings. The van der Waals surface area contributed by atoms with E-state index in [1.54, 1.807) is 28.1 Å². The summed E-state index contributed by atoms with van der Waals surface area (Å²) in [4.78, 5) is 15.1. The number of nitrogens with two attached hydrogens (primary N) is 1. The topological polar surface area (TPSA) is 94.2 Å². The molecule has 0 spiro atoms. The Morgan fingerprint density at radius 1 is 1.26 bits per heavy atom. The largest absolute Gasteiger partial charge is 0.493 e. The number of rotatable bonds is 7. The summed E-state index contributed by atoms with van der Waals surface area (Å²) in [5.41, 5.74) is 7.66. The number of carbonyl (C=O) groups excluding carboxylic acids is 1. The van der Waals surface area contributed by atoms with Gasteiger partial charge in [-0.25, -0.2) is 0 Å². The van der Waals surface area contributed by atoms with Crippen LogP contribution >= 0.6 is 0 Å². The molecule has 31 heavy (non-hydrogen) atoms. The number of nitrogens with zero attached hydrogens (tertiary/aromatic N) is 1. The van der Waals surface area contributed by atoms with Crippen LogP contribution in [0.2, 0.25) is 0 Å². The maximum atomic E-state index is 12.7. The zero-order valence-corrected chi connectivity index (χ0v) is 19.7. The minimum Gasteiger partial charge on any atom is -0.493 e. The SMILES string of the molecule is COc1cc2c(cc1OC)[C@H]1C[C@@H](OC(=O)[C@@H](N)C(C)C)[C@H](CC(C)(C)O)CN1CC2. The Bertz CT molecular complexity index is 789. The van der Waals surface area contributed by atoms with Crippen molar-refractivity contribution < 1.29 is 24.1 Å². The average molecular weight is 435 g/mol. The summed E-state index contributed by atoms with van der Waals surface area (Å²) < 4.78 is 17.0. The lowest BCUT2D eigenvalue weighted by Gasteiger charge is -2.48. The van der Waals surface area contributed by atoms with Crippen molar-refractivity contribution in [3.8, 4) is 11.5 Å². The van der Waals surface area contributed by atoms with Gasteiger partial charge in [-0.3, -0.25) is 9.69 Å². The maximum absolute atomic E-state index is 12.7. The van der Waals surface area contributed by atoms with Gasteiger partial charge in [0.15, 0.2) is 11.5 Å². The smallest absolute Gasteiger partial charge is 0.323 e. The molecule has 0 amide bonds. The Kier molecular flexibility index (Phi) is 7.18. The molecule has 1 aromatic rings. The van der Waals surface area contributed by atoms with Crippen molar-refractivity contribution in [2.45, 2.75) is 70.7 Å². The molecule has 1 aromatic carbocycles. The monoisotopic (exact) mass is 434 g/mol. The van der Waals surface area contributed by atoms with Crippen molar-refractivity contribution in [1.29, 1.82) is 0 Å². The molecule has 174 valence electrons. The van der Waals surface area contributed by atoms with E-state index in [1.165, 1.54) is 11.1 Å². The van der Waals surface area contributed by atoms with E-state index in [0.29, 0.717) is 18.6 Å². The number of methoxy groups -OCH3 is 2. The zero-order chi connectivity index (χ0) is 22.9. The van der Waals surface area contributed by atoms with Crippen molar-refractivity contribution in [1.82, 2.24) is 4.90 Å². The van der Waals surface area contributed by atoms with Crippen LogP contribution in [-0.2, 0) is 16.0 Å². The third-order valence-electron chi connectivity index (χ3n) is 6.58. The fourth-order valence-corrected chi connectivity index (χ4v) is 4.89. The Hall–Kier alpha value is -1.83. The van der Waals surface area contributed by atoms with Crippen molar-refractivity contribution in [2.24, 2.45) is 17.6 Å². The highest BCUT2D eigenvalue weighted by atomic mass is 16.5. The molecule has 0 bridgehead atoms. The second-order valence-electron chi connectivity index (χ2n) is 9.92. The number of piperidine rings is 1. The van der Waals surface area contributed by atoms with Crippen LogP contribution in [-0.4, -0.2) is 61.0 Å². The Morgan fingerprint density at radius 3 is 2.48 bits per heavy atom. The normalized spacial score (nSPS) is 24.9. The van der Waals surface area contributed by atoms with Gasteiger partial charge in [0, 0.05) is 31.5 Å². The molecule has 0 aromatic heterocycles. The number of benzene rings is 1. The van der Waals surface area contributed by atoms with E-state index in [1.807, 2.05) is 13.8 Å². The number of carbonyl (C=O) groups is 1. The lowest BCUT2D eigenvalue weighted by atomic mass is 9.78. The Morgan fingerprint density at radius 2 is 1.90 bits per heavy atom. The number of hydrogen-bond donors (Lipinski definition) is 2. The van der Waals surface area contributed by atoms with Crippen LogP contribution in [0.1, 0.15) is 57.7 Å². The van der Waals surface area contributed by atoms with E-state index < -0.39 is 11.6 Å². The highest BCUT2D eigenvalue weighted by molar-refractivity contribution is 5.76. The van der Waals surface area contributed by atoms with Crippen molar-refractivity contribution in [3.05, 3.63) is 23.3 Å². The molecule has 3 N–H and O–H groups in total. The van der Waals surface area contributed by atoms with E-state index in [9.17, 15) is 9.90 Å². The van der Waals surface area contributed by atoms with Gasteiger partial charge in [0.1, 0.15) is 12.1 Å². The minimum absolute atomic E-state index is 0.00690. The van der Waals surface area contributed by atoms with Crippen LogP contribution in [0, 0.1) is 11.8 Å². The van der Waals surface area contributed by atoms with Gasteiger partial charge in [0.2, 0.25) is 0 Å². The molecule has 1 saturated heterocycles. The number of fused-ring (bicyclic) bond motifs is 3. The maximum Gasteiger partial charge on any atom is 0.323 e. The molecule has 0 unspecified atom stereocenters. The lowest BCUT2D eigenvalue weighted by Crippen LogP contribution is -2.52. The zero-order valence-electron chi connectivity index (χ0n) is 19.7. The molecular weight excluding hydrogens is 396 g/mol. The van der Waals surface area contributed by atoms with Gasteiger partial charge in [-0.15, -0.1) is 0 Å². The summed E-state index contributed by atoms with van der Waals surface area (Å²) in [6.45, 7) is 9.12. The molecule has 0 radical (unpaired) electrons. The summed E-state index contributed by atoms with van der Waals surface area (Å²) in [5, 5.41) is 10.5. The van der Waals surface area contributed by atoms with Crippen molar-refractivity contribution >= 4 is 5.97 Å². The molecule has 2 heterocycles. The van der Waals surface area contributed by atoms with Crippen LogP contribution in [0.15, 0.2) is 12.1 Å². The number of aliphatic hydroxyl groups is 1. The van der Waals surface area contributed by atoms with Gasteiger partial charge < -0.3 is 25.1 Å². The predicted octanol–water partition coefficient (Wildman–Crippen LogP) is 2.68. The summed E-state index contributed by atoms with van der Waals surface area (Å²) in [6.07, 6.45) is 1.84. The third kappa shape index (κ3) is 5.33. The quantitative estimate of drug-likeness (QED) is 0.637. The molecular formula is C24H38N2O5. The van der Waals surface area contributed by atoms with Crippen LogP contribution < -0.4 is 15.2 Å². The fourth-order valence-electron chi connectivity index (χ4n) is 4.89. The molecule has 1 fully saturated rings. The van der Waals surface area contributed by atoms with Crippen LogP contribution in [0.5, 0.6) is 11.5 Å². The first-order chi connectivity index (χ1) is 14.5. The molecule has 0 aliphatic carbocycles. The molecule has 4 atom stereocenters. The van der Waals surface area contributed by atoms with E-state index in [0.717, 1.165) is 25.3 Å². The first kappa shape index (κ1) is 23.8. The second kappa shape index (κ2) is 9.35. The molecule has 2 aliphatic heterocycles. The van der Waals surface area contributed by atoms with Crippen molar-refractivity contribution in [2.75, 3.05) is 27.3 Å². The van der Waals surface area contributed by atoms with Gasteiger partial charge in [-0.2, -0.15) is 0 Å². The first-order valence-electron chi connectivity index (χ1n) is 11.2. The highest BCUT2D eigenvalue weighted by Crippen LogP contribution is 2.44. The Balaban J connectivity index is 1.90. The van der Waals surface area contributed by atoms with Gasteiger partial charge in [0.25, 0.3) is 0 Å². The molecule has 0 saturated carbocycles. The summed E-state index contributed by atoms with van der Waals surface area (Å²) in [7, 11) is 3.29. The molecule has 7 heteroatoms. The number of ether oxygens (including phenoxy) is 3. The van der Waals surface area contributed by atoms with Gasteiger partial charge in [-0.05, 0) is 55.9 Å². The van der Waals surface area contributed by atoms with Crippen molar-refractivity contribution in [3.63, 3.8) is 0 Å². The summed E-state index contributed by atoms with van der Waals surface area (Å²) >= 11 is 0. The summed E-state index contributed by atoms with van der Waals surface area (Å²) in [6, 6.07) is 3.59. The van der Waals surface area contributed by atoms with E-state index in [-0.39, 0.29) is 30.0 Å². The van der Waals surface area contributed by atoms with E-state index in [2.05, 4.69) is 17.0 Å². The van der Waals surface area contributed by atoms with Gasteiger partial charge >= 0.3 is 5.97 Å². The second-order valence-corrected chi connectivity index (χ2v) is 9.92. The summed E-state index contributed by atoms with van der Waals surface area (Å²) in [5.74, 6) is 1.12. The fraction of sp³-hybridized carbons (Fsp3) is 0.708. The van der Waals surface area contributed by atoms with E-state index >= 15 is 0 Å².